The lowest BCUT2D eigenvalue weighted by atomic mass is 10.1. The fraction of sp³-hybridized carbons (Fsp3) is 0.217. The fourth-order valence-electron chi connectivity index (χ4n) is 2.77. The number of anilines is 1. The highest BCUT2D eigenvalue weighted by atomic mass is 79.9. The van der Waals surface area contributed by atoms with E-state index in [9.17, 15) is 0 Å². The first-order valence-electron chi connectivity index (χ1n) is 9.18. The van der Waals surface area contributed by atoms with E-state index in [0.717, 1.165) is 27.0 Å². The Kier molecular flexibility index (Phi) is 7.24. The van der Waals surface area contributed by atoms with Crippen LogP contribution >= 0.6 is 27.5 Å². The van der Waals surface area contributed by atoms with Crippen LogP contribution in [0.1, 0.15) is 23.6 Å². The Labute approximate surface area is 179 Å². The zero-order chi connectivity index (χ0) is 19.9. The highest BCUT2D eigenvalue weighted by Gasteiger charge is 2.13. The van der Waals surface area contributed by atoms with Gasteiger partial charge in [0.15, 0.2) is 11.5 Å². The average molecular weight is 461 g/mol. The van der Waals surface area contributed by atoms with Crippen molar-refractivity contribution < 1.29 is 9.47 Å². The molecule has 0 saturated carbocycles. The minimum absolute atomic E-state index is 0.482. The lowest BCUT2D eigenvalue weighted by Gasteiger charge is -2.16. The summed E-state index contributed by atoms with van der Waals surface area (Å²) in [5.41, 5.74) is 4.32. The molecular formula is C23H23BrClNO2. The topological polar surface area (TPSA) is 30.5 Å². The van der Waals surface area contributed by atoms with Gasteiger partial charge in [0.2, 0.25) is 0 Å². The Bertz CT molecular complexity index is 928. The van der Waals surface area contributed by atoms with Crippen molar-refractivity contribution >= 4 is 33.2 Å². The molecule has 3 rings (SSSR count). The van der Waals surface area contributed by atoms with Crippen LogP contribution in [-0.4, -0.2) is 6.61 Å². The first kappa shape index (κ1) is 20.6. The molecule has 0 aromatic heterocycles. The Morgan fingerprint density at radius 1 is 0.964 bits per heavy atom. The van der Waals surface area contributed by atoms with Crippen LogP contribution in [0, 0.1) is 6.92 Å². The molecule has 1 N–H and O–H groups in total. The van der Waals surface area contributed by atoms with Crippen molar-refractivity contribution in [3.05, 3.63) is 86.8 Å². The van der Waals surface area contributed by atoms with Gasteiger partial charge in [0, 0.05) is 6.54 Å². The van der Waals surface area contributed by atoms with Crippen LogP contribution < -0.4 is 14.8 Å². The molecule has 0 heterocycles. The van der Waals surface area contributed by atoms with Gasteiger partial charge in [0.1, 0.15) is 6.61 Å². The van der Waals surface area contributed by atoms with E-state index in [4.69, 9.17) is 21.1 Å². The Morgan fingerprint density at radius 3 is 2.43 bits per heavy atom. The van der Waals surface area contributed by atoms with E-state index in [0.29, 0.717) is 30.5 Å². The van der Waals surface area contributed by atoms with Crippen molar-refractivity contribution in [2.75, 3.05) is 11.9 Å². The van der Waals surface area contributed by atoms with Crippen LogP contribution in [0.15, 0.2) is 65.1 Å². The smallest absolute Gasteiger partial charge is 0.175 e. The predicted octanol–water partition coefficient (Wildman–Crippen LogP) is 7.00. The molecule has 5 heteroatoms. The van der Waals surface area contributed by atoms with E-state index < -0.39 is 0 Å². The highest BCUT2D eigenvalue weighted by molar-refractivity contribution is 9.10. The van der Waals surface area contributed by atoms with E-state index in [1.54, 1.807) is 0 Å². The fourth-order valence-corrected chi connectivity index (χ4v) is 3.57. The second-order valence-corrected chi connectivity index (χ2v) is 7.71. The van der Waals surface area contributed by atoms with Gasteiger partial charge in [-0.1, -0.05) is 53.6 Å². The predicted molar refractivity (Wildman–Crippen MR) is 120 cm³/mol. The summed E-state index contributed by atoms with van der Waals surface area (Å²) in [5, 5.41) is 4.06. The Balaban J connectivity index is 1.75. The zero-order valence-corrected chi connectivity index (χ0v) is 18.3. The lowest BCUT2D eigenvalue weighted by Crippen LogP contribution is -2.04. The monoisotopic (exact) mass is 459 g/mol. The number of ether oxygens (including phenoxy) is 2. The average Bonchev–Trinajstić information content (AvgIpc) is 2.68. The SMILES string of the molecule is CCOc1cc(CNc2ccccc2Cl)cc(Br)c1OCc1ccc(C)cc1. The number of hydrogen-bond donors (Lipinski definition) is 1. The number of aryl methyl sites for hydroxylation is 1. The van der Waals surface area contributed by atoms with Gasteiger partial charge in [-0.15, -0.1) is 0 Å². The van der Waals surface area contributed by atoms with Crippen molar-refractivity contribution in [2.24, 2.45) is 0 Å². The molecule has 0 saturated heterocycles. The molecule has 3 nitrogen and oxygen atoms in total. The van der Waals surface area contributed by atoms with Crippen LogP contribution in [0.25, 0.3) is 0 Å². The number of nitrogens with one attached hydrogen (secondary N) is 1. The molecule has 0 spiro atoms. The summed E-state index contributed by atoms with van der Waals surface area (Å²) in [6.07, 6.45) is 0. The molecule has 0 aliphatic heterocycles. The summed E-state index contributed by atoms with van der Waals surface area (Å²) in [4.78, 5) is 0. The number of halogens is 2. The first-order valence-corrected chi connectivity index (χ1v) is 10.4. The second kappa shape index (κ2) is 9.85. The highest BCUT2D eigenvalue weighted by Crippen LogP contribution is 2.38. The molecule has 0 unspecified atom stereocenters. The van der Waals surface area contributed by atoms with E-state index >= 15 is 0 Å². The summed E-state index contributed by atoms with van der Waals surface area (Å²) in [6, 6.07) is 20.1. The summed E-state index contributed by atoms with van der Waals surface area (Å²) in [5.74, 6) is 1.43. The molecule has 146 valence electrons. The summed E-state index contributed by atoms with van der Waals surface area (Å²) >= 11 is 9.86. The molecule has 0 fully saturated rings. The van der Waals surface area contributed by atoms with Gasteiger partial charge in [-0.2, -0.15) is 0 Å². The van der Waals surface area contributed by atoms with Crippen molar-refractivity contribution in [3.63, 3.8) is 0 Å². The van der Waals surface area contributed by atoms with Crippen molar-refractivity contribution in [1.82, 2.24) is 0 Å². The van der Waals surface area contributed by atoms with E-state index in [2.05, 4.69) is 52.4 Å². The van der Waals surface area contributed by atoms with Crippen LogP contribution in [0.2, 0.25) is 5.02 Å². The molecule has 0 aliphatic carbocycles. The van der Waals surface area contributed by atoms with Crippen molar-refractivity contribution in [3.8, 4) is 11.5 Å². The third kappa shape index (κ3) is 5.43. The number of hydrogen-bond acceptors (Lipinski definition) is 3. The molecule has 0 amide bonds. The normalized spacial score (nSPS) is 10.6. The minimum atomic E-state index is 0.482. The third-order valence-electron chi connectivity index (χ3n) is 4.23. The molecule has 0 atom stereocenters. The van der Waals surface area contributed by atoms with E-state index in [1.165, 1.54) is 5.56 Å². The summed E-state index contributed by atoms with van der Waals surface area (Å²) < 4.78 is 12.8. The van der Waals surface area contributed by atoms with Gasteiger partial charge >= 0.3 is 0 Å². The van der Waals surface area contributed by atoms with Crippen LogP contribution in [0.4, 0.5) is 5.69 Å². The molecule has 0 bridgehead atoms. The zero-order valence-electron chi connectivity index (χ0n) is 16.0. The van der Waals surface area contributed by atoms with Crippen molar-refractivity contribution in [1.29, 1.82) is 0 Å². The van der Waals surface area contributed by atoms with Crippen molar-refractivity contribution in [2.45, 2.75) is 27.0 Å². The minimum Gasteiger partial charge on any atom is -0.490 e. The molecular weight excluding hydrogens is 438 g/mol. The largest absolute Gasteiger partial charge is 0.490 e. The maximum absolute atomic E-state index is 6.22. The van der Waals surface area contributed by atoms with Gasteiger partial charge in [-0.25, -0.2) is 0 Å². The maximum Gasteiger partial charge on any atom is 0.175 e. The van der Waals surface area contributed by atoms with Gasteiger partial charge in [0.25, 0.3) is 0 Å². The second-order valence-electron chi connectivity index (χ2n) is 6.45. The van der Waals surface area contributed by atoms with Crippen LogP contribution in [-0.2, 0) is 13.2 Å². The summed E-state index contributed by atoms with van der Waals surface area (Å²) in [7, 11) is 0. The molecule has 3 aromatic rings. The molecule has 0 radical (unpaired) electrons. The number of rotatable bonds is 8. The Hall–Kier alpha value is -2.17. The van der Waals surface area contributed by atoms with Gasteiger partial charge < -0.3 is 14.8 Å². The van der Waals surface area contributed by atoms with E-state index in [-0.39, 0.29) is 0 Å². The number of para-hydroxylation sites is 1. The summed E-state index contributed by atoms with van der Waals surface area (Å²) in [6.45, 7) is 5.71. The number of benzene rings is 3. The maximum atomic E-state index is 6.22. The van der Waals surface area contributed by atoms with Crippen LogP contribution in [0.3, 0.4) is 0 Å². The van der Waals surface area contributed by atoms with Crippen LogP contribution in [0.5, 0.6) is 11.5 Å². The third-order valence-corrected chi connectivity index (χ3v) is 5.15. The quantitative estimate of drug-likeness (QED) is 0.392. The standard InChI is InChI=1S/C23H23BrClNO2/c1-3-27-22-13-18(14-26-21-7-5-4-6-20(21)25)12-19(24)23(22)28-15-17-10-8-16(2)9-11-17/h4-13,26H,3,14-15H2,1-2H3. The molecule has 28 heavy (non-hydrogen) atoms. The lowest BCUT2D eigenvalue weighted by molar-refractivity contribution is 0.267. The Morgan fingerprint density at radius 2 is 1.71 bits per heavy atom. The molecule has 0 aliphatic rings. The van der Waals surface area contributed by atoms with E-state index in [1.807, 2.05) is 43.3 Å². The molecule has 3 aromatic carbocycles. The van der Waals surface area contributed by atoms with Gasteiger partial charge in [0.05, 0.1) is 21.8 Å². The first-order chi connectivity index (χ1) is 13.6. The van der Waals surface area contributed by atoms with Gasteiger partial charge in [-0.3, -0.25) is 0 Å². The van der Waals surface area contributed by atoms with Gasteiger partial charge in [-0.05, 0) is 65.2 Å².